The Morgan fingerprint density at radius 3 is 2.10 bits per heavy atom. The van der Waals surface area contributed by atoms with Crippen molar-refractivity contribution in [2.24, 2.45) is 0 Å². The highest BCUT2D eigenvalue weighted by Gasteiger charge is 2.22. The molecule has 1 heterocycles. The summed E-state index contributed by atoms with van der Waals surface area (Å²) in [6.45, 7) is 8.22. The van der Waals surface area contributed by atoms with Crippen LogP contribution in [0.2, 0.25) is 0 Å². The van der Waals surface area contributed by atoms with Gasteiger partial charge >= 0.3 is 0 Å². The maximum absolute atomic E-state index is 13.1. The van der Waals surface area contributed by atoms with Crippen molar-refractivity contribution in [2.75, 3.05) is 36.4 Å². The van der Waals surface area contributed by atoms with E-state index in [1.807, 2.05) is 47.1 Å². The first kappa shape index (κ1) is 22.9. The van der Waals surface area contributed by atoms with Crippen molar-refractivity contribution in [3.63, 3.8) is 0 Å². The van der Waals surface area contributed by atoms with Gasteiger partial charge in [-0.1, -0.05) is 49.7 Å². The molecule has 0 unspecified atom stereocenters. The van der Waals surface area contributed by atoms with E-state index in [4.69, 9.17) is 0 Å². The first-order valence-corrected chi connectivity index (χ1v) is 11.5. The molecule has 5 heteroatoms. The second-order valence-corrected chi connectivity index (χ2v) is 8.34. The van der Waals surface area contributed by atoms with Crippen molar-refractivity contribution in [2.45, 2.75) is 52.9 Å². The number of hydrogen-bond acceptors (Lipinski definition) is 3. The van der Waals surface area contributed by atoms with Crippen LogP contribution in [-0.4, -0.2) is 42.9 Å². The smallest absolute Gasteiger partial charge is 0.243 e. The van der Waals surface area contributed by atoms with Gasteiger partial charge in [0.05, 0.1) is 13.1 Å². The van der Waals surface area contributed by atoms with Gasteiger partial charge in [-0.3, -0.25) is 9.59 Å². The molecule has 0 bridgehead atoms. The number of amides is 2. The molecule has 0 saturated carbocycles. The average Bonchev–Trinajstić information content (AvgIpc) is 2.79. The number of nitrogens with one attached hydrogen (secondary N) is 1. The zero-order valence-corrected chi connectivity index (χ0v) is 19.1. The van der Waals surface area contributed by atoms with E-state index < -0.39 is 0 Å². The molecule has 5 nitrogen and oxygen atoms in total. The fourth-order valence-corrected chi connectivity index (χ4v) is 4.16. The van der Waals surface area contributed by atoms with Gasteiger partial charge in [-0.15, -0.1) is 0 Å². The molecule has 166 valence electrons. The number of benzene rings is 2. The second kappa shape index (κ2) is 11.0. The first-order chi connectivity index (χ1) is 15.0. The van der Waals surface area contributed by atoms with Gasteiger partial charge in [0, 0.05) is 24.5 Å². The predicted octanol–water partition coefficient (Wildman–Crippen LogP) is 4.58. The van der Waals surface area contributed by atoms with Crippen molar-refractivity contribution < 1.29 is 9.59 Å². The van der Waals surface area contributed by atoms with Gasteiger partial charge in [0.1, 0.15) is 0 Å². The maximum Gasteiger partial charge on any atom is 0.243 e. The monoisotopic (exact) mass is 421 g/mol. The lowest BCUT2D eigenvalue weighted by atomic mass is 10.0. The Labute approximate surface area is 186 Å². The van der Waals surface area contributed by atoms with Crippen molar-refractivity contribution >= 4 is 23.2 Å². The maximum atomic E-state index is 13.1. The predicted molar refractivity (Wildman–Crippen MR) is 128 cm³/mol. The van der Waals surface area contributed by atoms with E-state index in [1.165, 1.54) is 6.42 Å². The summed E-state index contributed by atoms with van der Waals surface area (Å²) in [7, 11) is 0. The summed E-state index contributed by atoms with van der Waals surface area (Å²) in [6, 6.07) is 14.2. The SMILES string of the molecule is CCc1cccc(CC)c1NC(=O)CN(CC(=O)N1CCCCC1)c1ccc(C)cc1. The average molecular weight is 422 g/mol. The third-order valence-corrected chi connectivity index (χ3v) is 6.03. The van der Waals surface area contributed by atoms with E-state index in [0.29, 0.717) is 0 Å². The number of piperidine rings is 1. The van der Waals surface area contributed by atoms with Gasteiger partial charge in [0.25, 0.3) is 0 Å². The lowest BCUT2D eigenvalue weighted by Gasteiger charge is -2.31. The van der Waals surface area contributed by atoms with Crippen LogP contribution in [0, 0.1) is 6.92 Å². The number of anilines is 2. The fraction of sp³-hybridized carbons (Fsp3) is 0.462. The van der Waals surface area contributed by atoms with Crippen LogP contribution in [0.1, 0.15) is 49.8 Å². The minimum absolute atomic E-state index is 0.0938. The third-order valence-electron chi connectivity index (χ3n) is 6.03. The number of aryl methyl sites for hydroxylation is 3. The Morgan fingerprint density at radius 2 is 1.52 bits per heavy atom. The van der Waals surface area contributed by atoms with Crippen LogP contribution >= 0.6 is 0 Å². The second-order valence-electron chi connectivity index (χ2n) is 8.34. The molecule has 2 aromatic carbocycles. The van der Waals surface area contributed by atoms with Gasteiger partial charge in [0.2, 0.25) is 11.8 Å². The lowest BCUT2D eigenvalue weighted by molar-refractivity contribution is -0.130. The number of carbonyl (C=O) groups excluding carboxylic acids is 2. The molecule has 1 aliphatic heterocycles. The Bertz CT molecular complexity index is 864. The van der Waals surface area contributed by atoms with E-state index in [2.05, 4.69) is 31.3 Å². The molecular weight excluding hydrogens is 386 g/mol. The Balaban J connectivity index is 1.77. The normalized spacial score (nSPS) is 13.7. The van der Waals surface area contributed by atoms with Gasteiger partial charge in [0.15, 0.2) is 0 Å². The summed E-state index contributed by atoms with van der Waals surface area (Å²) in [4.78, 5) is 29.9. The van der Waals surface area contributed by atoms with Gasteiger partial charge < -0.3 is 15.1 Å². The quantitative estimate of drug-likeness (QED) is 0.679. The third kappa shape index (κ3) is 6.09. The molecular formula is C26H35N3O2. The van der Waals surface area contributed by atoms with Crippen molar-refractivity contribution in [1.82, 2.24) is 4.90 Å². The largest absolute Gasteiger partial charge is 0.353 e. The molecule has 1 fully saturated rings. The zero-order chi connectivity index (χ0) is 22.2. The van der Waals surface area contributed by atoms with Crippen molar-refractivity contribution in [1.29, 1.82) is 0 Å². The molecule has 0 radical (unpaired) electrons. The first-order valence-electron chi connectivity index (χ1n) is 11.5. The standard InChI is InChI=1S/C26H35N3O2/c1-4-21-10-9-11-22(5-2)26(21)27-24(30)18-29(23-14-12-20(3)13-15-23)19-25(31)28-16-7-6-8-17-28/h9-15H,4-8,16-19H2,1-3H3,(H,27,30). The number of hydrogen-bond donors (Lipinski definition) is 1. The van der Waals surface area contributed by atoms with Crippen LogP contribution in [0.5, 0.6) is 0 Å². The zero-order valence-electron chi connectivity index (χ0n) is 19.1. The Hall–Kier alpha value is -2.82. The molecule has 0 aromatic heterocycles. The molecule has 0 atom stereocenters. The highest BCUT2D eigenvalue weighted by molar-refractivity contribution is 5.96. The van der Waals surface area contributed by atoms with E-state index in [-0.39, 0.29) is 24.9 Å². The highest BCUT2D eigenvalue weighted by Crippen LogP contribution is 2.23. The Morgan fingerprint density at radius 1 is 0.903 bits per heavy atom. The molecule has 31 heavy (non-hydrogen) atoms. The van der Waals surface area contributed by atoms with Gasteiger partial charge in [-0.05, 0) is 62.3 Å². The molecule has 1 N–H and O–H groups in total. The molecule has 0 aliphatic carbocycles. The minimum Gasteiger partial charge on any atom is -0.353 e. The van der Waals surface area contributed by atoms with Crippen LogP contribution in [0.15, 0.2) is 42.5 Å². The van der Waals surface area contributed by atoms with Crippen LogP contribution in [-0.2, 0) is 22.4 Å². The van der Waals surface area contributed by atoms with E-state index in [9.17, 15) is 9.59 Å². The number of likely N-dealkylation sites (tertiary alicyclic amines) is 1. The summed E-state index contributed by atoms with van der Waals surface area (Å²) >= 11 is 0. The van der Waals surface area contributed by atoms with Gasteiger partial charge in [-0.2, -0.15) is 0 Å². The molecule has 2 aromatic rings. The van der Waals surface area contributed by atoms with Crippen molar-refractivity contribution in [3.8, 4) is 0 Å². The number of rotatable bonds is 8. The molecule has 3 rings (SSSR count). The number of carbonyl (C=O) groups is 2. The van der Waals surface area contributed by atoms with Crippen LogP contribution in [0.4, 0.5) is 11.4 Å². The fourth-order valence-electron chi connectivity index (χ4n) is 4.16. The summed E-state index contributed by atoms with van der Waals surface area (Å²) < 4.78 is 0. The minimum atomic E-state index is -0.0948. The molecule has 1 aliphatic rings. The van der Waals surface area contributed by atoms with E-state index >= 15 is 0 Å². The summed E-state index contributed by atoms with van der Waals surface area (Å²) in [6.07, 6.45) is 5.02. The van der Waals surface area contributed by atoms with Gasteiger partial charge in [-0.25, -0.2) is 0 Å². The summed E-state index contributed by atoms with van der Waals surface area (Å²) in [5, 5.41) is 3.14. The number of para-hydroxylation sites is 1. The van der Waals surface area contributed by atoms with Crippen LogP contribution in [0.25, 0.3) is 0 Å². The van der Waals surface area contributed by atoms with E-state index in [1.54, 1.807) is 0 Å². The molecule has 2 amide bonds. The summed E-state index contributed by atoms with van der Waals surface area (Å²) in [5.41, 5.74) is 5.24. The lowest BCUT2D eigenvalue weighted by Crippen LogP contribution is -2.45. The molecule has 0 spiro atoms. The number of nitrogens with zero attached hydrogens (tertiary/aromatic N) is 2. The van der Waals surface area contributed by atoms with E-state index in [0.717, 1.165) is 66.8 Å². The highest BCUT2D eigenvalue weighted by atomic mass is 16.2. The van der Waals surface area contributed by atoms with Crippen LogP contribution < -0.4 is 10.2 Å². The molecule has 1 saturated heterocycles. The van der Waals surface area contributed by atoms with Crippen LogP contribution in [0.3, 0.4) is 0 Å². The Kier molecular flexibility index (Phi) is 8.10. The topological polar surface area (TPSA) is 52.7 Å². The summed E-state index contributed by atoms with van der Waals surface area (Å²) in [5.74, 6) is -0.00102. The van der Waals surface area contributed by atoms with Crippen molar-refractivity contribution in [3.05, 3.63) is 59.2 Å².